The highest BCUT2D eigenvalue weighted by Crippen LogP contribution is 2.35. The average Bonchev–Trinajstić information content (AvgIpc) is 3.18. The smallest absolute Gasteiger partial charge is 0.328 e. The van der Waals surface area contributed by atoms with E-state index in [0.717, 1.165) is 12.1 Å². The monoisotopic (exact) mass is 410 g/mol. The number of rotatable bonds is 4. The Morgan fingerprint density at radius 2 is 2.00 bits per heavy atom. The normalized spacial score (nSPS) is 17.1. The molecule has 10 heteroatoms. The lowest BCUT2D eigenvalue weighted by atomic mass is 9.95. The van der Waals surface area contributed by atoms with E-state index in [9.17, 15) is 22.8 Å². The fourth-order valence-electron chi connectivity index (χ4n) is 3.40. The van der Waals surface area contributed by atoms with Crippen LogP contribution in [0.3, 0.4) is 0 Å². The van der Waals surface area contributed by atoms with Crippen molar-refractivity contribution in [3.05, 3.63) is 52.9 Å². The Hall–Kier alpha value is -3.04. The fraction of sp³-hybridized carbons (Fsp3) is 0.421. The molecular formula is C19H21F3N4O3. The van der Waals surface area contributed by atoms with E-state index in [1.54, 1.807) is 13.8 Å². The van der Waals surface area contributed by atoms with Gasteiger partial charge in [-0.3, -0.25) is 0 Å². The van der Waals surface area contributed by atoms with E-state index in [-0.39, 0.29) is 18.0 Å². The molecule has 2 heterocycles. The Bertz CT molecular complexity index is 931. The third kappa shape index (κ3) is 3.79. The number of imidazole rings is 1. The number of carbonyl (C=O) groups is 2. The van der Waals surface area contributed by atoms with Gasteiger partial charge in [-0.25, -0.2) is 27.7 Å². The lowest BCUT2D eigenvalue weighted by Crippen LogP contribution is -2.53. The van der Waals surface area contributed by atoms with E-state index in [0.29, 0.717) is 17.8 Å². The number of halogens is 3. The molecule has 7 nitrogen and oxygen atoms in total. The zero-order chi connectivity index (χ0) is 21.3. The molecule has 0 fully saturated rings. The highest BCUT2D eigenvalue weighted by Gasteiger charge is 2.38. The van der Waals surface area contributed by atoms with E-state index >= 15 is 0 Å². The Labute approximate surface area is 165 Å². The summed E-state index contributed by atoms with van der Waals surface area (Å²) in [4.78, 5) is 33.3. The fourth-order valence-corrected chi connectivity index (χ4v) is 3.40. The van der Waals surface area contributed by atoms with Crippen LogP contribution in [0.4, 0.5) is 18.0 Å². The van der Waals surface area contributed by atoms with Gasteiger partial charge in [-0.2, -0.15) is 0 Å². The predicted molar refractivity (Wildman–Crippen MR) is 96.3 cm³/mol. The molecule has 2 N–H and O–H groups in total. The number of carbonyl (C=O) groups excluding carboxylic acids is 2. The van der Waals surface area contributed by atoms with Crippen molar-refractivity contribution in [2.75, 3.05) is 13.7 Å². The second kappa shape index (κ2) is 8.14. The molecule has 2 amide bonds. The average molecular weight is 410 g/mol. The van der Waals surface area contributed by atoms with E-state index < -0.39 is 41.5 Å². The maximum absolute atomic E-state index is 14.6. The van der Waals surface area contributed by atoms with E-state index in [2.05, 4.69) is 15.3 Å². The molecule has 0 bridgehead atoms. The van der Waals surface area contributed by atoms with Gasteiger partial charge in [0.15, 0.2) is 17.5 Å². The number of nitrogens with zero attached hydrogens (tertiary/aromatic N) is 2. The number of H-pyrrole nitrogens is 1. The van der Waals surface area contributed by atoms with Crippen molar-refractivity contribution in [2.45, 2.75) is 32.4 Å². The van der Waals surface area contributed by atoms with Crippen LogP contribution in [-0.4, -0.2) is 46.6 Å². The summed E-state index contributed by atoms with van der Waals surface area (Å²) < 4.78 is 46.6. The highest BCUT2D eigenvalue weighted by molar-refractivity contribution is 5.84. The minimum absolute atomic E-state index is 0.149. The largest absolute Gasteiger partial charge is 0.467 e. The predicted octanol–water partition coefficient (Wildman–Crippen LogP) is 2.68. The second-order valence-corrected chi connectivity index (χ2v) is 7.07. The number of benzene rings is 1. The van der Waals surface area contributed by atoms with Crippen LogP contribution in [0.15, 0.2) is 18.5 Å². The van der Waals surface area contributed by atoms with Gasteiger partial charge in [0.2, 0.25) is 0 Å². The van der Waals surface area contributed by atoms with Crippen molar-refractivity contribution in [2.24, 2.45) is 5.92 Å². The summed E-state index contributed by atoms with van der Waals surface area (Å²) in [5, 5.41) is 2.59. The molecule has 2 atom stereocenters. The van der Waals surface area contributed by atoms with Crippen LogP contribution in [-0.2, 0) is 16.0 Å². The van der Waals surface area contributed by atoms with Gasteiger partial charge in [-0.15, -0.1) is 0 Å². The summed E-state index contributed by atoms with van der Waals surface area (Å²) in [6.07, 6.45) is 1.79. The molecule has 2 aromatic rings. The quantitative estimate of drug-likeness (QED) is 0.599. The van der Waals surface area contributed by atoms with Gasteiger partial charge in [-0.1, -0.05) is 19.9 Å². The molecule has 1 aromatic carbocycles. The Kier molecular flexibility index (Phi) is 5.81. The summed E-state index contributed by atoms with van der Waals surface area (Å²) in [5.74, 6) is -5.24. The first-order valence-corrected chi connectivity index (χ1v) is 9.06. The number of methoxy groups -OCH3 is 1. The topological polar surface area (TPSA) is 87.3 Å². The van der Waals surface area contributed by atoms with Crippen LogP contribution in [0.2, 0.25) is 0 Å². The number of hydrogen-bond donors (Lipinski definition) is 2. The van der Waals surface area contributed by atoms with E-state index in [4.69, 9.17) is 4.74 Å². The van der Waals surface area contributed by atoms with Crippen molar-refractivity contribution in [1.29, 1.82) is 0 Å². The Morgan fingerprint density at radius 1 is 1.28 bits per heavy atom. The lowest BCUT2D eigenvalue weighted by Gasteiger charge is -2.36. The van der Waals surface area contributed by atoms with Crippen molar-refractivity contribution in [3.8, 4) is 0 Å². The number of esters is 1. The highest BCUT2D eigenvalue weighted by atomic mass is 19.2. The van der Waals surface area contributed by atoms with Gasteiger partial charge in [0.25, 0.3) is 0 Å². The zero-order valence-corrected chi connectivity index (χ0v) is 16.1. The third-order valence-corrected chi connectivity index (χ3v) is 4.95. The molecule has 0 aliphatic carbocycles. The Morgan fingerprint density at radius 3 is 2.66 bits per heavy atom. The SMILES string of the molecule is COC(=O)[C@H](NC(=O)N1CCc2[nH]cnc2C1c1ccc(F)c(F)c1F)C(C)C. The number of hydrogen-bond acceptors (Lipinski definition) is 4. The molecule has 0 spiro atoms. The minimum atomic E-state index is -1.62. The van der Waals surface area contributed by atoms with Gasteiger partial charge >= 0.3 is 12.0 Å². The van der Waals surface area contributed by atoms with Crippen molar-refractivity contribution in [1.82, 2.24) is 20.2 Å². The standard InChI is InChI=1S/C19H21F3N4O3/c1-9(2)15(18(27)29-3)25-19(28)26-7-6-12-16(24-8-23-12)17(26)10-4-5-11(20)14(22)13(10)21/h4-5,8-9,15,17H,6-7H2,1-3H3,(H,23,24)(H,25,28)/t15-,17?/m1/s1. The summed E-state index contributed by atoms with van der Waals surface area (Å²) in [6.45, 7) is 3.61. The molecule has 0 saturated carbocycles. The van der Waals surface area contributed by atoms with Gasteiger partial charge in [0.05, 0.1) is 19.1 Å². The van der Waals surface area contributed by atoms with E-state index in [1.165, 1.54) is 18.3 Å². The first-order chi connectivity index (χ1) is 13.8. The van der Waals surface area contributed by atoms with E-state index in [1.807, 2.05) is 0 Å². The number of nitrogens with one attached hydrogen (secondary N) is 2. The summed E-state index contributed by atoms with van der Waals surface area (Å²) in [5.41, 5.74) is 0.762. The molecule has 29 heavy (non-hydrogen) atoms. The number of urea groups is 1. The summed E-state index contributed by atoms with van der Waals surface area (Å²) in [7, 11) is 1.21. The molecule has 1 aliphatic heterocycles. The second-order valence-electron chi connectivity index (χ2n) is 7.07. The lowest BCUT2D eigenvalue weighted by molar-refractivity contribution is -0.144. The Balaban J connectivity index is 2.00. The minimum Gasteiger partial charge on any atom is -0.467 e. The van der Waals surface area contributed by atoms with Crippen LogP contribution in [0, 0.1) is 23.4 Å². The van der Waals surface area contributed by atoms with Crippen molar-refractivity contribution in [3.63, 3.8) is 0 Å². The number of ether oxygens (including phenoxy) is 1. The first-order valence-electron chi connectivity index (χ1n) is 9.06. The third-order valence-electron chi connectivity index (χ3n) is 4.95. The molecule has 3 rings (SSSR count). The molecule has 0 saturated heterocycles. The molecule has 1 aromatic heterocycles. The summed E-state index contributed by atoms with van der Waals surface area (Å²) >= 11 is 0. The van der Waals surface area contributed by atoms with Crippen LogP contribution in [0.1, 0.15) is 36.8 Å². The van der Waals surface area contributed by atoms with Crippen LogP contribution < -0.4 is 5.32 Å². The van der Waals surface area contributed by atoms with Gasteiger partial charge in [0, 0.05) is 24.2 Å². The number of amides is 2. The number of fused-ring (bicyclic) bond motifs is 1. The zero-order valence-electron chi connectivity index (χ0n) is 16.1. The molecule has 1 unspecified atom stereocenters. The number of aromatic nitrogens is 2. The maximum Gasteiger partial charge on any atom is 0.328 e. The first kappa shape index (κ1) is 20.7. The molecule has 1 aliphatic rings. The van der Waals surface area contributed by atoms with Gasteiger partial charge in [0.1, 0.15) is 12.1 Å². The van der Waals surface area contributed by atoms with Crippen molar-refractivity contribution >= 4 is 12.0 Å². The number of aromatic amines is 1. The maximum atomic E-state index is 14.6. The molecular weight excluding hydrogens is 389 g/mol. The van der Waals surface area contributed by atoms with Gasteiger partial charge < -0.3 is 19.9 Å². The summed E-state index contributed by atoms with van der Waals surface area (Å²) in [6, 6.07) is -0.801. The molecule has 0 radical (unpaired) electrons. The van der Waals surface area contributed by atoms with Crippen LogP contribution in [0.25, 0.3) is 0 Å². The van der Waals surface area contributed by atoms with Crippen molar-refractivity contribution < 1.29 is 27.5 Å². The molecule has 156 valence electrons. The van der Waals surface area contributed by atoms with Gasteiger partial charge in [-0.05, 0) is 12.0 Å². The van der Waals surface area contributed by atoms with Crippen LogP contribution >= 0.6 is 0 Å². The van der Waals surface area contributed by atoms with Crippen LogP contribution in [0.5, 0.6) is 0 Å².